The number of phenolic OH excluding ortho intramolecular Hbond substituents is 2. The van der Waals surface area contributed by atoms with Crippen molar-refractivity contribution in [1.29, 1.82) is 0 Å². The Bertz CT molecular complexity index is 1210. The average molecular weight is 494 g/mol. The van der Waals surface area contributed by atoms with Crippen LogP contribution in [0.4, 0.5) is 0 Å². The first-order valence-electron chi connectivity index (χ1n) is 7.90. The Kier molecular flexibility index (Phi) is 5.98. The van der Waals surface area contributed by atoms with Crippen LogP contribution < -0.4 is 0 Å². The van der Waals surface area contributed by atoms with Gasteiger partial charge in [-0.05, 0) is 35.9 Å². The third-order valence-corrected chi connectivity index (χ3v) is 7.13. The van der Waals surface area contributed by atoms with Crippen LogP contribution in [0, 0.1) is 0 Å². The lowest BCUT2D eigenvalue weighted by molar-refractivity contribution is 0.439. The topological polar surface area (TPSA) is 94.8 Å². The molecule has 0 aliphatic rings. The van der Waals surface area contributed by atoms with Crippen molar-refractivity contribution in [3.63, 3.8) is 0 Å². The number of aromatic hydroxyl groups is 2. The second-order valence-electron chi connectivity index (χ2n) is 6.06. The number of phenols is 2. The molecule has 3 rings (SSSR count). The lowest BCUT2D eigenvalue weighted by atomic mass is 9.83. The molecule has 0 aromatic heterocycles. The Morgan fingerprint density at radius 3 is 1.93 bits per heavy atom. The molecule has 1 unspecified atom stereocenters. The van der Waals surface area contributed by atoms with Crippen molar-refractivity contribution in [3.8, 4) is 11.5 Å². The molecule has 3 N–H and O–H groups in total. The van der Waals surface area contributed by atoms with E-state index in [0.717, 1.165) is 6.07 Å². The molecule has 0 aliphatic heterocycles. The molecule has 3 aromatic carbocycles. The van der Waals surface area contributed by atoms with Crippen LogP contribution in [-0.2, 0) is 14.9 Å². The molecule has 152 valence electrons. The number of halogens is 4. The molecule has 0 spiro atoms. The van der Waals surface area contributed by atoms with Crippen molar-refractivity contribution >= 4 is 56.5 Å². The molecule has 0 radical (unpaired) electrons. The standard InChI is InChI=1S/C19H12Cl4O5S/c20-12-4-2-1-3-11(12)19(29(26,27)28,10-5-6-13(21)16(24)9-10)17-14(22)7-8-15(23)18(17)25/h1-9,24-25H,(H,26,27,28). The summed E-state index contributed by atoms with van der Waals surface area (Å²) in [5.41, 5.74) is -0.719. The summed E-state index contributed by atoms with van der Waals surface area (Å²) in [5.74, 6) is -1.13. The molecule has 29 heavy (non-hydrogen) atoms. The van der Waals surface area contributed by atoms with E-state index in [1.54, 1.807) is 6.07 Å². The Labute approximate surface area is 186 Å². The molecular formula is C19H12Cl4O5S. The first-order chi connectivity index (χ1) is 13.5. The van der Waals surface area contributed by atoms with Gasteiger partial charge in [-0.3, -0.25) is 4.55 Å². The predicted octanol–water partition coefficient (Wildman–Crippen LogP) is 5.89. The maximum atomic E-state index is 13.0. The Hall–Kier alpha value is -1.67. The quantitative estimate of drug-likeness (QED) is 0.311. The Balaban J connectivity index is 2.66. The van der Waals surface area contributed by atoms with Gasteiger partial charge in [0, 0.05) is 21.2 Å². The smallest absolute Gasteiger partial charge is 0.283 e. The minimum absolute atomic E-state index is 0.0463. The molecule has 5 nitrogen and oxygen atoms in total. The zero-order chi connectivity index (χ0) is 21.6. The van der Waals surface area contributed by atoms with Crippen molar-refractivity contribution in [3.05, 3.63) is 91.4 Å². The van der Waals surface area contributed by atoms with E-state index in [0.29, 0.717) is 0 Å². The van der Waals surface area contributed by atoms with Gasteiger partial charge in [-0.2, -0.15) is 8.42 Å². The molecular weight excluding hydrogens is 482 g/mol. The van der Waals surface area contributed by atoms with Crippen LogP contribution in [0.25, 0.3) is 0 Å². The van der Waals surface area contributed by atoms with E-state index >= 15 is 0 Å². The van der Waals surface area contributed by atoms with Crippen molar-refractivity contribution in [2.24, 2.45) is 0 Å². The summed E-state index contributed by atoms with van der Waals surface area (Å²) in [6.45, 7) is 0. The van der Waals surface area contributed by atoms with Gasteiger partial charge in [0.2, 0.25) is 0 Å². The number of benzene rings is 3. The molecule has 0 saturated heterocycles. The van der Waals surface area contributed by atoms with Crippen LogP contribution in [0.2, 0.25) is 20.1 Å². The van der Waals surface area contributed by atoms with Crippen LogP contribution in [-0.4, -0.2) is 23.2 Å². The normalized spacial score (nSPS) is 13.8. The monoisotopic (exact) mass is 492 g/mol. The van der Waals surface area contributed by atoms with Crippen molar-refractivity contribution in [1.82, 2.24) is 0 Å². The summed E-state index contributed by atoms with van der Waals surface area (Å²) in [4.78, 5) is 0. The average Bonchev–Trinajstić information content (AvgIpc) is 2.64. The lowest BCUT2D eigenvalue weighted by Crippen LogP contribution is -2.39. The van der Waals surface area contributed by atoms with E-state index in [1.165, 1.54) is 42.5 Å². The fourth-order valence-corrected chi connectivity index (χ4v) is 5.51. The largest absolute Gasteiger partial charge is 0.506 e. The third kappa shape index (κ3) is 3.54. The van der Waals surface area contributed by atoms with Gasteiger partial charge < -0.3 is 10.2 Å². The maximum Gasteiger partial charge on any atom is 0.283 e. The van der Waals surface area contributed by atoms with Crippen molar-refractivity contribution in [2.75, 3.05) is 0 Å². The molecule has 0 amide bonds. The molecule has 3 aromatic rings. The fourth-order valence-electron chi connectivity index (χ4n) is 3.21. The van der Waals surface area contributed by atoms with Crippen LogP contribution in [0.1, 0.15) is 16.7 Å². The van der Waals surface area contributed by atoms with Gasteiger partial charge >= 0.3 is 0 Å². The highest BCUT2D eigenvalue weighted by atomic mass is 35.5. The molecule has 0 aliphatic carbocycles. The summed E-state index contributed by atoms with van der Waals surface area (Å²) in [7, 11) is -5.14. The van der Waals surface area contributed by atoms with Gasteiger partial charge in [0.15, 0.2) is 4.75 Å². The summed E-state index contributed by atoms with van der Waals surface area (Å²) in [6.07, 6.45) is 0. The van der Waals surface area contributed by atoms with Gasteiger partial charge in [-0.25, -0.2) is 0 Å². The van der Waals surface area contributed by atoms with Gasteiger partial charge in [-0.1, -0.05) is 70.7 Å². The zero-order valence-corrected chi connectivity index (χ0v) is 18.1. The second kappa shape index (κ2) is 7.87. The zero-order valence-electron chi connectivity index (χ0n) is 14.3. The van der Waals surface area contributed by atoms with Gasteiger partial charge in [0.1, 0.15) is 11.5 Å². The van der Waals surface area contributed by atoms with Crippen LogP contribution in [0.3, 0.4) is 0 Å². The highest BCUT2D eigenvalue weighted by Gasteiger charge is 2.52. The summed E-state index contributed by atoms with van der Waals surface area (Å²) in [5, 5.41) is 20.3. The number of hydrogen-bond donors (Lipinski definition) is 3. The maximum absolute atomic E-state index is 13.0. The van der Waals surface area contributed by atoms with Crippen molar-refractivity contribution < 1.29 is 23.2 Å². The highest BCUT2D eigenvalue weighted by Crippen LogP contribution is 2.53. The lowest BCUT2D eigenvalue weighted by Gasteiger charge is -2.34. The van der Waals surface area contributed by atoms with Crippen molar-refractivity contribution in [2.45, 2.75) is 4.75 Å². The van der Waals surface area contributed by atoms with E-state index in [9.17, 15) is 23.2 Å². The molecule has 0 bridgehead atoms. The Morgan fingerprint density at radius 1 is 0.759 bits per heavy atom. The van der Waals surface area contributed by atoms with Crippen LogP contribution >= 0.6 is 46.4 Å². The first-order valence-corrected chi connectivity index (χ1v) is 10.9. The minimum Gasteiger partial charge on any atom is -0.506 e. The van der Waals surface area contributed by atoms with E-state index in [2.05, 4.69) is 0 Å². The molecule has 0 heterocycles. The highest BCUT2D eigenvalue weighted by molar-refractivity contribution is 7.87. The summed E-state index contributed by atoms with van der Waals surface area (Å²) >= 11 is 24.5. The molecule has 0 saturated carbocycles. The van der Waals surface area contributed by atoms with Gasteiger partial charge in [-0.15, -0.1) is 0 Å². The predicted molar refractivity (Wildman–Crippen MR) is 114 cm³/mol. The molecule has 1 atom stereocenters. The summed E-state index contributed by atoms with van der Waals surface area (Å²) < 4.78 is 33.9. The number of rotatable bonds is 4. The second-order valence-corrected chi connectivity index (χ2v) is 9.25. The minimum atomic E-state index is -5.14. The van der Waals surface area contributed by atoms with Crippen LogP contribution in [0.5, 0.6) is 11.5 Å². The molecule has 10 heteroatoms. The summed E-state index contributed by atoms with van der Waals surface area (Å²) in [6, 6.07) is 11.9. The SMILES string of the molecule is O=S(=O)(O)C(c1ccc(Cl)c(O)c1)(c1ccccc1Cl)c1c(Cl)ccc(Cl)c1O. The van der Waals surface area contributed by atoms with Crippen LogP contribution in [0.15, 0.2) is 54.6 Å². The first kappa shape index (κ1) is 22.0. The van der Waals surface area contributed by atoms with E-state index in [4.69, 9.17) is 46.4 Å². The third-order valence-electron chi connectivity index (χ3n) is 4.42. The van der Waals surface area contributed by atoms with E-state index < -0.39 is 31.9 Å². The van der Waals surface area contributed by atoms with E-state index in [-0.39, 0.29) is 31.2 Å². The van der Waals surface area contributed by atoms with Gasteiger partial charge in [0.05, 0.1) is 10.0 Å². The fraction of sp³-hybridized carbons (Fsp3) is 0.0526. The Morgan fingerprint density at radius 2 is 1.34 bits per heavy atom. The number of hydrogen-bond acceptors (Lipinski definition) is 4. The molecule has 0 fully saturated rings. The van der Waals surface area contributed by atoms with E-state index in [1.807, 2.05) is 0 Å². The van der Waals surface area contributed by atoms with Gasteiger partial charge in [0.25, 0.3) is 10.1 Å².